The van der Waals surface area contributed by atoms with Crippen LogP contribution >= 0.6 is 0 Å². The van der Waals surface area contributed by atoms with Gasteiger partial charge in [0.05, 0.1) is 0 Å². The van der Waals surface area contributed by atoms with E-state index in [4.69, 9.17) is 10.2 Å². The summed E-state index contributed by atoms with van der Waals surface area (Å²) in [6.07, 6.45) is 31.9. The number of aliphatic hydroxyl groups is 2. The SMILES string of the molecule is OCCCCCCCC=CC=CCCCCCCCCCCCCCO. The van der Waals surface area contributed by atoms with Crippen LogP contribution in [0.2, 0.25) is 0 Å². The molecule has 0 aliphatic rings. The quantitative estimate of drug-likeness (QED) is 0.168. The maximum Gasteiger partial charge on any atom is 0.0431 e. The van der Waals surface area contributed by atoms with Crippen molar-refractivity contribution in [3.8, 4) is 0 Å². The minimum absolute atomic E-state index is 0.345. The van der Waals surface area contributed by atoms with E-state index in [-0.39, 0.29) is 0 Å². The van der Waals surface area contributed by atoms with Gasteiger partial charge in [0.25, 0.3) is 0 Å². The molecule has 2 nitrogen and oxygen atoms in total. The van der Waals surface area contributed by atoms with Gasteiger partial charge in [-0.2, -0.15) is 0 Å². The molecule has 0 bridgehead atoms. The van der Waals surface area contributed by atoms with Crippen molar-refractivity contribution >= 4 is 0 Å². The molecular formula is C24H46O2. The Balaban J connectivity index is 3.13. The second-order valence-electron chi connectivity index (χ2n) is 7.54. The van der Waals surface area contributed by atoms with E-state index < -0.39 is 0 Å². The third-order valence-corrected chi connectivity index (χ3v) is 4.94. The van der Waals surface area contributed by atoms with Gasteiger partial charge in [-0.05, 0) is 38.5 Å². The standard InChI is InChI=1S/C24H46O2/c25-23-21-19-17-15-13-11-9-7-5-3-1-2-4-6-8-10-12-14-16-18-20-22-24-26/h3,5,7,9,25-26H,1-2,4,6,8,10-24H2. The van der Waals surface area contributed by atoms with Gasteiger partial charge in [-0.25, -0.2) is 0 Å². The lowest BCUT2D eigenvalue weighted by molar-refractivity contribution is 0.282. The van der Waals surface area contributed by atoms with E-state index in [1.54, 1.807) is 0 Å². The van der Waals surface area contributed by atoms with Crippen LogP contribution in [0, 0.1) is 0 Å². The van der Waals surface area contributed by atoms with E-state index in [9.17, 15) is 0 Å². The van der Waals surface area contributed by atoms with Crippen LogP contribution in [0.15, 0.2) is 24.3 Å². The maximum absolute atomic E-state index is 8.72. The molecule has 0 spiro atoms. The number of aliphatic hydroxyl groups excluding tert-OH is 2. The lowest BCUT2D eigenvalue weighted by Gasteiger charge is -2.02. The predicted molar refractivity (Wildman–Crippen MR) is 116 cm³/mol. The summed E-state index contributed by atoms with van der Waals surface area (Å²) in [4.78, 5) is 0. The molecule has 0 saturated carbocycles. The minimum atomic E-state index is 0.345. The molecule has 0 aromatic carbocycles. The molecule has 0 saturated heterocycles. The molecule has 0 radical (unpaired) electrons. The Labute approximate surface area is 163 Å². The first-order chi connectivity index (χ1) is 12.9. The van der Waals surface area contributed by atoms with Crippen LogP contribution < -0.4 is 0 Å². The van der Waals surface area contributed by atoms with E-state index in [0.717, 1.165) is 12.8 Å². The molecule has 0 heterocycles. The Hall–Kier alpha value is -0.600. The second kappa shape index (κ2) is 24.4. The molecule has 0 unspecified atom stereocenters. The summed E-state index contributed by atoms with van der Waals surface area (Å²) in [6.45, 7) is 0.704. The van der Waals surface area contributed by atoms with Crippen molar-refractivity contribution in [1.29, 1.82) is 0 Å². The second-order valence-corrected chi connectivity index (χ2v) is 7.54. The molecule has 0 aromatic rings. The molecule has 0 atom stereocenters. The monoisotopic (exact) mass is 366 g/mol. The fourth-order valence-corrected chi connectivity index (χ4v) is 3.22. The van der Waals surface area contributed by atoms with E-state index in [2.05, 4.69) is 24.3 Å². The minimum Gasteiger partial charge on any atom is -0.396 e. The highest BCUT2D eigenvalue weighted by molar-refractivity contribution is 5.02. The van der Waals surface area contributed by atoms with Crippen molar-refractivity contribution in [2.24, 2.45) is 0 Å². The van der Waals surface area contributed by atoms with Gasteiger partial charge >= 0.3 is 0 Å². The Kier molecular flexibility index (Phi) is 23.8. The van der Waals surface area contributed by atoms with Gasteiger partial charge in [-0.1, -0.05) is 101 Å². The molecule has 2 N–H and O–H groups in total. The van der Waals surface area contributed by atoms with E-state index in [0.29, 0.717) is 13.2 Å². The van der Waals surface area contributed by atoms with Crippen LogP contribution in [0.4, 0.5) is 0 Å². The van der Waals surface area contributed by atoms with Gasteiger partial charge < -0.3 is 10.2 Å². The molecule has 2 heteroatoms. The van der Waals surface area contributed by atoms with Crippen LogP contribution in [0.5, 0.6) is 0 Å². The highest BCUT2D eigenvalue weighted by Crippen LogP contribution is 2.12. The van der Waals surface area contributed by atoms with E-state index >= 15 is 0 Å². The molecule has 0 amide bonds. The van der Waals surface area contributed by atoms with Crippen molar-refractivity contribution in [2.45, 2.75) is 116 Å². The first-order valence-corrected chi connectivity index (χ1v) is 11.4. The van der Waals surface area contributed by atoms with Crippen molar-refractivity contribution in [3.63, 3.8) is 0 Å². The first-order valence-electron chi connectivity index (χ1n) is 11.4. The molecule has 0 rings (SSSR count). The lowest BCUT2D eigenvalue weighted by Crippen LogP contribution is -1.84. The first kappa shape index (κ1) is 25.4. The fourth-order valence-electron chi connectivity index (χ4n) is 3.22. The van der Waals surface area contributed by atoms with Crippen LogP contribution in [-0.4, -0.2) is 23.4 Å². The maximum atomic E-state index is 8.72. The summed E-state index contributed by atoms with van der Waals surface area (Å²) in [6, 6.07) is 0. The zero-order valence-electron chi connectivity index (χ0n) is 17.3. The molecule has 26 heavy (non-hydrogen) atoms. The summed E-state index contributed by atoms with van der Waals surface area (Å²) in [5.74, 6) is 0. The van der Waals surface area contributed by atoms with Gasteiger partial charge in [-0.3, -0.25) is 0 Å². The van der Waals surface area contributed by atoms with E-state index in [1.165, 1.54) is 103 Å². The fraction of sp³-hybridized carbons (Fsp3) is 0.833. The van der Waals surface area contributed by atoms with Gasteiger partial charge in [0.15, 0.2) is 0 Å². The molecule has 0 aliphatic heterocycles. The third kappa shape index (κ3) is 23.4. The summed E-state index contributed by atoms with van der Waals surface area (Å²) >= 11 is 0. The Bertz CT molecular complexity index is 297. The summed E-state index contributed by atoms with van der Waals surface area (Å²) in [5.41, 5.74) is 0. The summed E-state index contributed by atoms with van der Waals surface area (Å²) in [5, 5.41) is 17.4. The summed E-state index contributed by atoms with van der Waals surface area (Å²) < 4.78 is 0. The van der Waals surface area contributed by atoms with Crippen LogP contribution in [0.3, 0.4) is 0 Å². The van der Waals surface area contributed by atoms with Crippen molar-refractivity contribution < 1.29 is 10.2 Å². The normalized spacial score (nSPS) is 11.9. The Morgan fingerprint density at radius 1 is 0.346 bits per heavy atom. The zero-order valence-corrected chi connectivity index (χ0v) is 17.3. The Morgan fingerprint density at radius 3 is 0.923 bits per heavy atom. The van der Waals surface area contributed by atoms with Gasteiger partial charge in [0.2, 0.25) is 0 Å². The smallest absolute Gasteiger partial charge is 0.0431 e. The molecule has 0 fully saturated rings. The highest BCUT2D eigenvalue weighted by atomic mass is 16.3. The largest absolute Gasteiger partial charge is 0.396 e. The predicted octanol–water partition coefficient (Wildman–Crippen LogP) is 7.11. The molecule has 154 valence electrons. The van der Waals surface area contributed by atoms with Crippen LogP contribution in [-0.2, 0) is 0 Å². The number of rotatable bonds is 21. The van der Waals surface area contributed by atoms with Gasteiger partial charge in [-0.15, -0.1) is 0 Å². The summed E-state index contributed by atoms with van der Waals surface area (Å²) in [7, 11) is 0. The Morgan fingerprint density at radius 2 is 0.615 bits per heavy atom. The highest BCUT2D eigenvalue weighted by Gasteiger charge is 1.93. The van der Waals surface area contributed by atoms with Crippen LogP contribution in [0.25, 0.3) is 0 Å². The average Bonchev–Trinajstić information content (AvgIpc) is 2.66. The topological polar surface area (TPSA) is 40.5 Å². The van der Waals surface area contributed by atoms with Gasteiger partial charge in [0.1, 0.15) is 0 Å². The number of allylic oxidation sites excluding steroid dienone is 4. The van der Waals surface area contributed by atoms with Gasteiger partial charge in [0, 0.05) is 13.2 Å². The molecular weight excluding hydrogens is 320 g/mol. The lowest BCUT2D eigenvalue weighted by atomic mass is 10.1. The van der Waals surface area contributed by atoms with Crippen molar-refractivity contribution in [3.05, 3.63) is 24.3 Å². The number of unbranched alkanes of at least 4 members (excludes halogenated alkanes) is 16. The van der Waals surface area contributed by atoms with E-state index in [1.807, 2.05) is 0 Å². The third-order valence-electron chi connectivity index (χ3n) is 4.94. The zero-order chi connectivity index (χ0) is 19.0. The average molecular weight is 367 g/mol. The van der Waals surface area contributed by atoms with Crippen molar-refractivity contribution in [2.75, 3.05) is 13.2 Å². The number of hydrogen-bond donors (Lipinski definition) is 2. The molecule has 0 aliphatic carbocycles. The molecule has 0 aromatic heterocycles. The van der Waals surface area contributed by atoms with Crippen molar-refractivity contribution in [1.82, 2.24) is 0 Å². The number of hydrogen-bond acceptors (Lipinski definition) is 2. The van der Waals surface area contributed by atoms with Crippen LogP contribution in [0.1, 0.15) is 116 Å².